The van der Waals surface area contributed by atoms with E-state index in [-0.39, 0.29) is 0 Å². The molecule has 0 aromatic heterocycles. The lowest BCUT2D eigenvalue weighted by Gasteiger charge is -2.19. The van der Waals surface area contributed by atoms with Crippen LogP contribution in [0.1, 0.15) is 42.5 Å². The molecule has 0 radical (unpaired) electrons. The lowest BCUT2D eigenvalue weighted by atomic mass is 9.90. The highest BCUT2D eigenvalue weighted by Gasteiger charge is 2.26. The molecule has 1 aliphatic heterocycles. The fraction of sp³-hybridized carbons (Fsp3) is 0.571. The summed E-state index contributed by atoms with van der Waals surface area (Å²) in [5.74, 6) is 0.825. The van der Waals surface area contributed by atoms with Crippen molar-refractivity contribution in [1.82, 2.24) is 5.32 Å². The molecule has 1 saturated heterocycles. The van der Waals surface area contributed by atoms with Crippen molar-refractivity contribution in [3.63, 3.8) is 0 Å². The minimum Gasteiger partial charge on any atom is -0.310 e. The van der Waals surface area contributed by atoms with Crippen LogP contribution in [0.3, 0.4) is 0 Å². The Kier molecular flexibility index (Phi) is 3.11. The highest BCUT2D eigenvalue weighted by Crippen LogP contribution is 2.32. The van der Waals surface area contributed by atoms with Gasteiger partial charge in [-0.05, 0) is 38.3 Å². The van der Waals surface area contributed by atoms with Crippen molar-refractivity contribution in [2.75, 3.05) is 6.54 Å². The molecule has 2 unspecified atom stereocenters. The van der Waals surface area contributed by atoms with E-state index < -0.39 is 0 Å². The molecule has 1 heterocycles. The van der Waals surface area contributed by atoms with E-state index in [1.54, 1.807) is 0 Å². The first-order valence-electron chi connectivity index (χ1n) is 6.02. The van der Waals surface area contributed by atoms with Crippen LogP contribution < -0.4 is 5.32 Å². The third-order valence-electron chi connectivity index (χ3n) is 3.48. The molecule has 0 bridgehead atoms. The number of aryl methyl sites for hydroxylation is 2. The SMILES string of the molecule is CCC1CCNC1c1cc(C)cc(C)c1. The molecule has 82 valence electrons. The van der Waals surface area contributed by atoms with Gasteiger partial charge in [0.1, 0.15) is 0 Å². The van der Waals surface area contributed by atoms with Gasteiger partial charge >= 0.3 is 0 Å². The zero-order valence-corrected chi connectivity index (χ0v) is 10.0. The molecule has 1 nitrogen and oxygen atoms in total. The number of nitrogens with one attached hydrogen (secondary N) is 1. The minimum atomic E-state index is 0.591. The van der Waals surface area contributed by atoms with Crippen LogP contribution in [0.5, 0.6) is 0 Å². The second-order valence-corrected chi connectivity index (χ2v) is 4.81. The summed E-state index contributed by atoms with van der Waals surface area (Å²) < 4.78 is 0. The zero-order valence-electron chi connectivity index (χ0n) is 10.0. The highest BCUT2D eigenvalue weighted by atomic mass is 14.9. The van der Waals surface area contributed by atoms with E-state index in [0.29, 0.717) is 6.04 Å². The van der Waals surface area contributed by atoms with Crippen LogP contribution in [0.2, 0.25) is 0 Å². The van der Waals surface area contributed by atoms with Gasteiger partial charge in [0, 0.05) is 6.04 Å². The quantitative estimate of drug-likeness (QED) is 0.777. The van der Waals surface area contributed by atoms with Gasteiger partial charge in [0.05, 0.1) is 0 Å². The normalized spacial score (nSPS) is 25.8. The van der Waals surface area contributed by atoms with Gasteiger partial charge < -0.3 is 5.32 Å². The first kappa shape index (κ1) is 10.7. The summed E-state index contributed by atoms with van der Waals surface area (Å²) in [6, 6.07) is 7.50. The third-order valence-corrected chi connectivity index (χ3v) is 3.48. The third kappa shape index (κ3) is 2.23. The molecular formula is C14H21N. The number of rotatable bonds is 2. The first-order valence-corrected chi connectivity index (χ1v) is 6.02. The lowest BCUT2D eigenvalue weighted by molar-refractivity contribution is 0.449. The Labute approximate surface area is 92.9 Å². The average molecular weight is 203 g/mol. The molecule has 0 amide bonds. The largest absolute Gasteiger partial charge is 0.310 e. The van der Waals surface area contributed by atoms with Crippen LogP contribution in [0.15, 0.2) is 18.2 Å². The van der Waals surface area contributed by atoms with Crippen molar-refractivity contribution < 1.29 is 0 Å². The predicted molar refractivity (Wildman–Crippen MR) is 65.1 cm³/mol. The van der Waals surface area contributed by atoms with Crippen LogP contribution in [-0.2, 0) is 0 Å². The van der Waals surface area contributed by atoms with Gasteiger partial charge in [0.2, 0.25) is 0 Å². The summed E-state index contributed by atoms with van der Waals surface area (Å²) in [6.07, 6.45) is 2.61. The van der Waals surface area contributed by atoms with Crippen LogP contribution in [0.4, 0.5) is 0 Å². The molecule has 2 rings (SSSR count). The second kappa shape index (κ2) is 4.36. The van der Waals surface area contributed by atoms with E-state index in [4.69, 9.17) is 0 Å². The van der Waals surface area contributed by atoms with Crippen molar-refractivity contribution in [2.45, 2.75) is 39.7 Å². The van der Waals surface area contributed by atoms with E-state index in [1.165, 1.54) is 36.1 Å². The Hall–Kier alpha value is -0.820. The molecule has 15 heavy (non-hydrogen) atoms. The van der Waals surface area contributed by atoms with Crippen molar-refractivity contribution >= 4 is 0 Å². The Morgan fingerprint density at radius 2 is 1.87 bits per heavy atom. The standard InChI is InChI=1S/C14H21N/c1-4-12-5-6-15-14(12)13-8-10(2)7-11(3)9-13/h7-9,12,14-15H,4-6H2,1-3H3. The van der Waals surface area contributed by atoms with Crippen LogP contribution in [0, 0.1) is 19.8 Å². The van der Waals surface area contributed by atoms with Crippen LogP contribution >= 0.6 is 0 Å². The summed E-state index contributed by atoms with van der Waals surface area (Å²) in [6.45, 7) is 7.85. The van der Waals surface area contributed by atoms with Crippen LogP contribution in [0.25, 0.3) is 0 Å². The molecule has 1 aliphatic rings. The molecular weight excluding hydrogens is 182 g/mol. The van der Waals surface area contributed by atoms with Gasteiger partial charge in [0.15, 0.2) is 0 Å². The van der Waals surface area contributed by atoms with E-state index in [1.807, 2.05) is 0 Å². The maximum atomic E-state index is 3.63. The van der Waals surface area contributed by atoms with E-state index in [0.717, 1.165) is 5.92 Å². The molecule has 1 aromatic carbocycles. The topological polar surface area (TPSA) is 12.0 Å². The summed E-state index contributed by atoms with van der Waals surface area (Å²) >= 11 is 0. The fourth-order valence-corrected chi connectivity index (χ4v) is 2.78. The summed E-state index contributed by atoms with van der Waals surface area (Å²) in [4.78, 5) is 0. The predicted octanol–water partition coefficient (Wildman–Crippen LogP) is 3.36. The molecule has 0 saturated carbocycles. The Morgan fingerprint density at radius 3 is 2.47 bits per heavy atom. The molecule has 2 atom stereocenters. The minimum absolute atomic E-state index is 0.591. The van der Waals surface area contributed by atoms with Crippen molar-refractivity contribution in [3.05, 3.63) is 34.9 Å². The van der Waals surface area contributed by atoms with E-state index in [9.17, 15) is 0 Å². The highest BCUT2D eigenvalue weighted by molar-refractivity contribution is 5.31. The molecule has 1 heteroatoms. The maximum Gasteiger partial charge on any atom is 0.0349 e. The summed E-state index contributed by atoms with van der Waals surface area (Å²) in [5, 5.41) is 3.63. The van der Waals surface area contributed by atoms with E-state index >= 15 is 0 Å². The van der Waals surface area contributed by atoms with E-state index in [2.05, 4.69) is 44.3 Å². The number of hydrogen-bond acceptors (Lipinski definition) is 1. The van der Waals surface area contributed by atoms with Crippen molar-refractivity contribution in [1.29, 1.82) is 0 Å². The number of benzene rings is 1. The molecule has 1 aromatic rings. The summed E-state index contributed by atoms with van der Waals surface area (Å²) in [7, 11) is 0. The molecule has 0 spiro atoms. The monoisotopic (exact) mass is 203 g/mol. The first-order chi connectivity index (χ1) is 7.20. The van der Waals surface area contributed by atoms with Gasteiger partial charge in [-0.3, -0.25) is 0 Å². The average Bonchev–Trinajstić information content (AvgIpc) is 2.63. The van der Waals surface area contributed by atoms with Crippen molar-refractivity contribution in [2.24, 2.45) is 5.92 Å². The lowest BCUT2D eigenvalue weighted by Crippen LogP contribution is -2.17. The van der Waals surface area contributed by atoms with Crippen molar-refractivity contribution in [3.8, 4) is 0 Å². The van der Waals surface area contributed by atoms with Gasteiger partial charge in [0.25, 0.3) is 0 Å². The molecule has 0 aliphatic carbocycles. The smallest absolute Gasteiger partial charge is 0.0349 e. The van der Waals surface area contributed by atoms with Gasteiger partial charge in [-0.2, -0.15) is 0 Å². The molecule has 1 N–H and O–H groups in total. The zero-order chi connectivity index (χ0) is 10.8. The Morgan fingerprint density at radius 1 is 1.20 bits per heavy atom. The van der Waals surface area contributed by atoms with Crippen LogP contribution in [-0.4, -0.2) is 6.54 Å². The van der Waals surface area contributed by atoms with Gasteiger partial charge in [-0.15, -0.1) is 0 Å². The van der Waals surface area contributed by atoms with Gasteiger partial charge in [-0.25, -0.2) is 0 Å². The summed E-state index contributed by atoms with van der Waals surface area (Å²) in [5.41, 5.74) is 4.25. The van der Waals surface area contributed by atoms with Gasteiger partial charge in [-0.1, -0.05) is 42.7 Å². The second-order valence-electron chi connectivity index (χ2n) is 4.81. The maximum absolute atomic E-state index is 3.63. The molecule has 1 fully saturated rings. The Balaban J connectivity index is 2.28. The fourth-order valence-electron chi connectivity index (χ4n) is 2.78. The number of hydrogen-bond donors (Lipinski definition) is 1. The Bertz CT molecular complexity index is 323.